The highest BCUT2D eigenvalue weighted by molar-refractivity contribution is 4.85. The van der Waals surface area contributed by atoms with Gasteiger partial charge in [0.05, 0.1) is 0 Å². The second-order valence-corrected chi connectivity index (χ2v) is 5.63. The molecule has 0 aromatic carbocycles. The van der Waals surface area contributed by atoms with Crippen LogP contribution in [-0.4, -0.2) is 12.3 Å². The monoisotopic (exact) mass is 212 g/mol. The van der Waals surface area contributed by atoms with Gasteiger partial charge in [0, 0.05) is 12.0 Å². The lowest BCUT2D eigenvalue weighted by molar-refractivity contribution is 0.0503. The van der Waals surface area contributed by atoms with Gasteiger partial charge in [-0.1, -0.05) is 19.8 Å². The Morgan fingerprint density at radius 2 is 1.60 bits per heavy atom. The maximum absolute atomic E-state index is 13.8. The molecule has 0 amide bonds. The van der Waals surface area contributed by atoms with Gasteiger partial charge in [-0.25, -0.2) is 9.71 Å². The standard InChI is InChI=1S/C13H23FN/c1-9-3-6-11(7-4-9)12-8-5-10(2)15-13(12)14/h9-13H,3-8H2,1-2H3. The molecule has 1 nitrogen and oxygen atoms in total. The van der Waals surface area contributed by atoms with Gasteiger partial charge >= 0.3 is 0 Å². The van der Waals surface area contributed by atoms with Crippen LogP contribution in [-0.2, 0) is 0 Å². The predicted octanol–water partition coefficient (Wildman–Crippen LogP) is 3.51. The van der Waals surface area contributed by atoms with E-state index in [1.54, 1.807) is 0 Å². The zero-order valence-electron chi connectivity index (χ0n) is 9.95. The van der Waals surface area contributed by atoms with E-state index >= 15 is 0 Å². The van der Waals surface area contributed by atoms with Crippen LogP contribution in [0.3, 0.4) is 0 Å². The van der Waals surface area contributed by atoms with Crippen molar-refractivity contribution < 1.29 is 4.39 Å². The number of alkyl halides is 1. The first-order chi connectivity index (χ1) is 7.16. The normalized spacial score (nSPS) is 47.8. The van der Waals surface area contributed by atoms with E-state index in [1.165, 1.54) is 25.7 Å². The Hall–Kier alpha value is -0.110. The predicted molar refractivity (Wildman–Crippen MR) is 60.3 cm³/mol. The molecule has 0 aromatic rings. The second-order valence-electron chi connectivity index (χ2n) is 5.63. The maximum atomic E-state index is 13.8. The van der Waals surface area contributed by atoms with Crippen LogP contribution < -0.4 is 5.32 Å². The third kappa shape index (κ3) is 2.72. The molecule has 2 heteroatoms. The highest BCUT2D eigenvalue weighted by Gasteiger charge is 2.36. The molecule has 1 radical (unpaired) electrons. The minimum atomic E-state index is -0.868. The molecular formula is C13H23FN. The Kier molecular flexibility index (Phi) is 3.65. The van der Waals surface area contributed by atoms with E-state index in [9.17, 15) is 4.39 Å². The third-order valence-electron chi connectivity index (χ3n) is 4.33. The van der Waals surface area contributed by atoms with E-state index in [1.807, 2.05) is 6.92 Å². The Bertz CT molecular complexity index is 199. The summed E-state index contributed by atoms with van der Waals surface area (Å²) in [6.07, 6.45) is 6.34. The largest absolute Gasteiger partial charge is 0.228 e. The lowest BCUT2D eigenvalue weighted by Gasteiger charge is -2.38. The summed E-state index contributed by atoms with van der Waals surface area (Å²) in [5, 5.41) is 4.19. The molecule has 2 fully saturated rings. The number of piperidine rings is 1. The highest BCUT2D eigenvalue weighted by Crippen LogP contribution is 2.39. The Labute approximate surface area is 92.8 Å². The van der Waals surface area contributed by atoms with Crippen molar-refractivity contribution in [2.24, 2.45) is 17.8 Å². The molecular weight excluding hydrogens is 189 g/mol. The van der Waals surface area contributed by atoms with Crippen LogP contribution in [0.5, 0.6) is 0 Å². The molecule has 2 rings (SSSR count). The molecule has 3 unspecified atom stereocenters. The van der Waals surface area contributed by atoms with Crippen molar-refractivity contribution in [2.45, 2.75) is 64.7 Å². The van der Waals surface area contributed by atoms with Gasteiger partial charge in [0.15, 0.2) is 6.30 Å². The summed E-state index contributed by atoms with van der Waals surface area (Å²) >= 11 is 0. The van der Waals surface area contributed by atoms with Gasteiger partial charge in [0.25, 0.3) is 0 Å². The number of hydrogen-bond acceptors (Lipinski definition) is 0. The molecule has 1 heterocycles. The van der Waals surface area contributed by atoms with Gasteiger partial charge < -0.3 is 0 Å². The smallest absolute Gasteiger partial charge is 0.169 e. The summed E-state index contributed by atoms with van der Waals surface area (Å²) in [5.41, 5.74) is 0. The summed E-state index contributed by atoms with van der Waals surface area (Å²) < 4.78 is 13.8. The van der Waals surface area contributed by atoms with Gasteiger partial charge in [0.1, 0.15) is 0 Å². The van der Waals surface area contributed by atoms with Gasteiger partial charge in [0.2, 0.25) is 0 Å². The minimum Gasteiger partial charge on any atom is -0.228 e. The second kappa shape index (κ2) is 4.82. The van der Waals surface area contributed by atoms with Gasteiger partial charge in [-0.3, -0.25) is 0 Å². The van der Waals surface area contributed by atoms with E-state index in [0.29, 0.717) is 5.92 Å². The Morgan fingerprint density at radius 1 is 0.933 bits per heavy atom. The fraction of sp³-hybridized carbons (Fsp3) is 1.00. The van der Waals surface area contributed by atoms with E-state index in [4.69, 9.17) is 0 Å². The summed E-state index contributed by atoms with van der Waals surface area (Å²) in [6.45, 7) is 4.35. The molecule has 87 valence electrons. The number of rotatable bonds is 1. The molecule has 0 N–H and O–H groups in total. The molecule has 0 spiro atoms. The highest BCUT2D eigenvalue weighted by atomic mass is 19.1. The van der Waals surface area contributed by atoms with E-state index in [2.05, 4.69) is 12.2 Å². The number of hydrogen-bond donors (Lipinski definition) is 0. The molecule has 1 aliphatic carbocycles. The average Bonchev–Trinajstić information content (AvgIpc) is 2.20. The van der Waals surface area contributed by atoms with E-state index in [-0.39, 0.29) is 12.0 Å². The molecule has 15 heavy (non-hydrogen) atoms. The average molecular weight is 212 g/mol. The van der Waals surface area contributed by atoms with Crippen molar-refractivity contribution in [1.29, 1.82) is 0 Å². The fourth-order valence-electron chi connectivity index (χ4n) is 3.17. The van der Waals surface area contributed by atoms with E-state index < -0.39 is 6.30 Å². The zero-order chi connectivity index (χ0) is 10.8. The fourth-order valence-corrected chi connectivity index (χ4v) is 3.17. The molecule has 1 saturated heterocycles. The van der Waals surface area contributed by atoms with Gasteiger partial charge in [-0.15, -0.1) is 0 Å². The molecule has 1 aliphatic heterocycles. The van der Waals surface area contributed by atoms with E-state index in [0.717, 1.165) is 18.8 Å². The minimum absolute atomic E-state index is 0.244. The van der Waals surface area contributed by atoms with Crippen molar-refractivity contribution in [3.05, 3.63) is 0 Å². The van der Waals surface area contributed by atoms with Crippen LogP contribution >= 0.6 is 0 Å². The maximum Gasteiger partial charge on any atom is 0.169 e. The third-order valence-corrected chi connectivity index (χ3v) is 4.33. The SMILES string of the molecule is CC1CCC(C2CCC(C)[N]C2F)CC1. The van der Waals surface area contributed by atoms with Crippen molar-refractivity contribution in [1.82, 2.24) is 5.32 Å². The summed E-state index contributed by atoms with van der Waals surface area (Å²) in [5.74, 6) is 1.72. The summed E-state index contributed by atoms with van der Waals surface area (Å²) in [7, 11) is 0. The molecule has 1 saturated carbocycles. The quantitative estimate of drug-likeness (QED) is 0.591. The topological polar surface area (TPSA) is 14.1 Å². The van der Waals surface area contributed by atoms with Crippen LogP contribution in [0.15, 0.2) is 0 Å². The van der Waals surface area contributed by atoms with Gasteiger partial charge in [-0.2, -0.15) is 0 Å². The number of nitrogens with zero attached hydrogens (tertiary/aromatic N) is 1. The Morgan fingerprint density at radius 3 is 2.20 bits per heavy atom. The van der Waals surface area contributed by atoms with Crippen molar-refractivity contribution in [3.63, 3.8) is 0 Å². The Balaban J connectivity index is 1.87. The van der Waals surface area contributed by atoms with Crippen molar-refractivity contribution in [3.8, 4) is 0 Å². The van der Waals surface area contributed by atoms with Crippen LogP contribution in [0.4, 0.5) is 4.39 Å². The van der Waals surface area contributed by atoms with Crippen molar-refractivity contribution >= 4 is 0 Å². The van der Waals surface area contributed by atoms with Crippen LogP contribution in [0.2, 0.25) is 0 Å². The zero-order valence-corrected chi connectivity index (χ0v) is 9.95. The summed E-state index contributed by atoms with van der Waals surface area (Å²) in [4.78, 5) is 0. The molecule has 3 atom stereocenters. The lowest BCUT2D eigenvalue weighted by atomic mass is 9.73. The first-order valence-corrected chi connectivity index (χ1v) is 6.51. The molecule has 0 aromatic heterocycles. The van der Waals surface area contributed by atoms with Crippen LogP contribution in [0.1, 0.15) is 52.4 Å². The van der Waals surface area contributed by atoms with Crippen LogP contribution in [0, 0.1) is 17.8 Å². The molecule has 0 bridgehead atoms. The summed E-state index contributed by atoms with van der Waals surface area (Å²) in [6, 6.07) is 0.249. The molecule has 2 aliphatic rings. The first-order valence-electron chi connectivity index (χ1n) is 6.51. The number of halogens is 1. The first kappa shape index (κ1) is 11.4. The van der Waals surface area contributed by atoms with Crippen LogP contribution in [0.25, 0.3) is 0 Å². The lowest BCUT2D eigenvalue weighted by Crippen LogP contribution is -2.42. The van der Waals surface area contributed by atoms with Crippen molar-refractivity contribution in [2.75, 3.05) is 0 Å². The van der Waals surface area contributed by atoms with Gasteiger partial charge in [-0.05, 0) is 44.4 Å².